The number of nitrogens with zero attached hydrogens (tertiary/aromatic N) is 1. The Bertz CT molecular complexity index is 550. The number of carbonyl (C=O) groups excluding carboxylic acids is 2. The zero-order chi connectivity index (χ0) is 15.9. The van der Waals surface area contributed by atoms with Crippen molar-refractivity contribution in [3.8, 4) is 0 Å². The van der Waals surface area contributed by atoms with Crippen molar-refractivity contribution in [3.63, 3.8) is 0 Å². The molecule has 0 unspecified atom stereocenters. The Labute approximate surface area is 130 Å². The average Bonchev–Trinajstić information content (AvgIpc) is 2.98. The van der Waals surface area contributed by atoms with E-state index in [2.05, 4.69) is 11.4 Å². The number of amides is 1. The molecule has 0 heterocycles. The number of hydrogen-bond donors (Lipinski definition) is 1. The highest BCUT2D eigenvalue weighted by Crippen LogP contribution is 2.20. The van der Waals surface area contributed by atoms with Crippen LogP contribution >= 0.6 is 0 Å². The molecule has 0 aliphatic heterocycles. The molecule has 5 nitrogen and oxygen atoms in total. The fraction of sp³-hybridized carbons (Fsp3) is 0.412. The molecule has 2 rings (SSSR count). The molecule has 1 aromatic rings. The monoisotopic (exact) mass is 302 g/mol. The maximum atomic E-state index is 11.8. The van der Waals surface area contributed by atoms with Gasteiger partial charge in [0.1, 0.15) is 0 Å². The van der Waals surface area contributed by atoms with Crippen LogP contribution in [-0.4, -0.2) is 32.6 Å². The van der Waals surface area contributed by atoms with Gasteiger partial charge in [-0.05, 0) is 43.0 Å². The molecular weight excluding hydrogens is 280 g/mol. The van der Waals surface area contributed by atoms with Crippen LogP contribution in [0, 0.1) is 5.92 Å². The van der Waals surface area contributed by atoms with Gasteiger partial charge >= 0.3 is 5.97 Å². The summed E-state index contributed by atoms with van der Waals surface area (Å²) >= 11 is 0. The van der Waals surface area contributed by atoms with Gasteiger partial charge < -0.3 is 15.0 Å². The van der Waals surface area contributed by atoms with Crippen molar-refractivity contribution in [1.82, 2.24) is 0 Å². The lowest BCUT2D eigenvalue weighted by atomic mass is 10.1. The van der Waals surface area contributed by atoms with Crippen LogP contribution in [0.4, 0.5) is 11.4 Å². The molecule has 22 heavy (non-hydrogen) atoms. The molecule has 118 valence electrons. The third-order valence-corrected chi connectivity index (χ3v) is 3.57. The average molecular weight is 302 g/mol. The van der Waals surface area contributed by atoms with Gasteiger partial charge in [0.05, 0.1) is 6.42 Å². The third-order valence-electron chi connectivity index (χ3n) is 3.57. The van der Waals surface area contributed by atoms with Crippen molar-refractivity contribution in [2.45, 2.75) is 19.3 Å². The van der Waals surface area contributed by atoms with E-state index in [-0.39, 0.29) is 24.4 Å². The summed E-state index contributed by atoms with van der Waals surface area (Å²) < 4.78 is 5.01. The van der Waals surface area contributed by atoms with E-state index < -0.39 is 0 Å². The first kappa shape index (κ1) is 16.1. The quantitative estimate of drug-likeness (QED) is 0.648. The van der Waals surface area contributed by atoms with E-state index in [1.165, 1.54) is 0 Å². The molecular formula is C17H22N2O3. The molecule has 1 aliphatic rings. The lowest BCUT2D eigenvalue weighted by Gasteiger charge is -2.13. The van der Waals surface area contributed by atoms with Gasteiger partial charge in [-0.3, -0.25) is 9.59 Å². The molecule has 1 atom stereocenters. The Morgan fingerprint density at radius 3 is 2.59 bits per heavy atom. The van der Waals surface area contributed by atoms with E-state index in [0.29, 0.717) is 12.1 Å². The number of benzene rings is 1. The van der Waals surface area contributed by atoms with E-state index in [0.717, 1.165) is 18.5 Å². The van der Waals surface area contributed by atoms with Crippen LogP contribution in [0.25, 0.3) is 0 Å². The van der Waals surface area contributed by atoms with E-state index in [1.807, 2.05) is 49.3 Å². The fourth-order valence-corrected chi connectivity index (χ4v) is 2.32. The first-order valence-electron chi connectivity index (χ1n) is 7.44. The lowest BCUT2D eigenvalue weighted by molar-refractivity contribution is -0.147. The van der Waals surface area contributed by atoms with Crippen LogP contribution in [0.5, 0.6) is 0 Å². The Kier molecular flexibility index (Phi) is 5.58. The molecule has 1 N–H and O–H groups in total. The number of esters is 1. The van der Waals surface area contributed by atoms with E-state index >= 15 is 0 Å². The van der Waals surface area contributed by atoms with Crippen molar-refractivity contribution in [3.05, 3.63) is 36.4 Å². The minimum absolute atomic E-state index is 0.245. The molecule has 5 heteroatoms. The van der Waals surface area contributed by atoms with Crippen LogP contribution < -0.4 is 10.2 Å². The topological polar surface area (TPSA) is 58.6 Å². The summed E-state index contributed by atoms with van der Waals surface area (Å²) in [6.07, 6.45) is 6.46. The number of hydrogen-bond acceptors (Lipinski definition) is 4. The number of carbonyl (C=O) groups is 2. The highest BCUT2D eigenvalue weighted by molar-refractivity contribution is 5.92. The lowest BCUT2D eigenvalue weighted by Crippen LogP contribution is -2.21. The van der Waals surface area contributed by atoms with Gasteiger partial charge in [0, 0.05) is 25.5 Å². The largest absolute Gasteiger partial charge is 0.456 e. The number of rotatable bonds is 6. The van der Waals surface area contributed by atoms with Crippen LogP contribution in [-0.2, 0) is 14.3 Å². The van der Waals surface area contributed by atoms with Crippen molar-refractivity contribution >= 4 is 23.3 Å². The predicted octanol–water partition coefficient (Wildman–Crippen LogP) is 2.59. The standard InChI is InChI=1S/C17H22N2O3/c1-19(2)15-9-7-14(8-10-15)18-16(20)12-22-17(21)11-13-5-3-4-6-13/h3,5,7-10,13H,4,6,11-12H2,1-2H3,(H,18,20)/t13-/m0/s1. The van der Waals surface area contributed by atoms with E-state index in [1.54, 1.807) is 0 Å². The first-order valence-corrected chi connectivity index (χ1v) is 7.44. The maximum absolute atomic E-state index is 11.8. The number of anilines is 2. The molecule has 0 saturated heterocycles. The molecule has 0 saturated carbocycles. The second kappa shape index (κ2) is 7.64. The molecule has 0 radical (unpaired) electrons. The summed E-state index contributed by atoms with van der Waals surface area (Å²) in [6.45, 7) is -0.245. The van der Waals surface area contributed by atoms with Crippen molar-refractivity contribution < 1.29 is 14.3 Å². The minimum Gasteiger partial charge on any atom is -0.456 e. The van der Waals surface area contributed by atoms with Crippen LogP contribution in [0.15, 0.2) is 36.4 Å². The second-order valence-corrected chi connectivity index (χ2v) is 5.62. The minimum atomic E-state index is -0.326. The Morgan fingerprint density at radius 1 is 1.27 bits per heavy atom. The number of allylic oxidation sites excluding steroid dienone is 2. The first-order chi connectivity index (χ1) is 10.5. The molecule has 0 fully saturated rings. The summed E-state index contributed by atoms with van der Waals surface area (Å²) in [5, 5.41) is 2.71. The SMILES string of the molecule is CN(C)c1ccc(NC(=O)COC(=O)C[C@H]2C=CCC2)cc1. The van der Waals surface area contributed by atoms with Crippen molar-refractivity contribution in [1.29, 1.82) is 0 Å². The zero-order valence-corrected chi connectivity index (χ0v) is 13.0. The van der Waals surface area contributed by atoms with Crippen molar-refractivity contribution in [2.75, 3.05) is 30.9 Å². The fourth-order valence-electron chi connectivity index (χ4n) is 2.32. The maximum Gasteiger partial charge on any atom is 0.306 e. The highest BCUT2D eigenvalue weighted by atomic mass is 16.5. The van der Waals surface area contributed by atoms with Gasteiger partial charge in [0.25, 0.3) is 5.91 Å². The molecule has 1 aromatic carbocycles. The Balaban J connectivity index is 1.72. The van der Waals surface area contributed by atoms with Crippen LogP contribution in [0.2, 0.25) is 0 Å². The van der Waals surface area contributed by atoms with E-state index in [4.69, 9.17) is 4.74 Å². The summed E-state index contributed by atoms with van der Waals surface area (Å²) in [6, 6.07) is 7.46. The van der Waals surface area contributed by atoms with Crippen LogP contribution in [0.3, 0.4) is 0 Å². The second-order valence-electron chi connectivity index (χ2n) is 5.62. The zero-order valence-electron chi connectivity index (χ0n) is 13.0. The molecule has 1 aliphatic carbocycles. The van der Waals surface area contributed by atoms with Gasteiger partial charge in [-0.15, -0.1) is 0 Å². The summed E-state index contributed by atoms with van der Waals surface area (Å²) in [7, 11) is 3.90. The predicted molar refractivity (Wildman–Crippen MR) is 86.8 cm³/mol. The molecule has 0 spiro atoms. The third kappa shape index (κ3) is 4.91. The van der Waals surface area contributed by atoms with Gasteiger partial charge in [-0.25, -0.2) is 0 Å². The van der Waals surface area contributed by atoms with Crippen molar-refractivity contribution in [2.24, 2.45) is 5.92 Å². The Hall–Kier alpha value is -2.30. The Morgan fingerprint density at radius 2 is 2.00 bits per heavy atom. The van der Waals surface area contributed by atoms with Gasteiger partial charge in [-0.2, -0.15) is 0 Å². The summed E-state index contributed by atoms with van der Waals surface area (Å²) in [4.78, 5) is 25.4. The molecule has 1 amide bonds. The highest BCUT2D eigenvalue weighted by Gasteiger charge is 2.16. The van der Waals surface area contributed by atoms with Crippen LogP contribution in [0.1, 0.15) is 19.3 Å². The van der Waals surface area contributed by atoms with Gasteiger partial charge in [-0.1, -0.05) is 12.2 Å². The normalized spacial score (nSPS) is 16.4. The number of nitrogens with one attached hydrogen (secondary N) is 1. The smallest absolute Gasteiger partial charge is 0.306 e. The van der Waals surface area contributed by atoms with Gasteiger partial charge in [0.2, 0.25) is 0 Å². The molecule has 0 bridgehead atoms. The summed E-state index contributed by atoms with van der Waals surface area (Å²) in [5.41, 5.74) is 1.74. The molecule has 0 aromatic heterocycles. The summed E-state index contributed by atoms with van der Waals surface area (Å²) in [5.74, 6) is -0.392. The van der Waals surface area contributed by atoms with E-state index in [9.17, 15) is 9.59 Å². The van der Waals surface area contributed by atoms with Gasteiger partial charge in [0.15, 0.2) is 6.61 Å². The number of ether oxygens (including phenoxy) is 1.